The number of benzene rings is 2. The van der Waals surface area contributed by atoms with Gasteiger partial charge in [-0.15, -0.1) is 0 Å². The maximum atomic E-state index is 12.7. The average Bonchev–Trinajstić information content (AvgIpc) is 2.83. The molecule has 0 bridgehead atoms. The highest BCUT2D eigenvalue weighted by Gasteiger charge is 2.27. The topological polar surface area (TPSA) is 42.0 Å². The average molecular weight is 459 g/mol. The van der Waals surface area contributed by atoms with Crippen molar-refractivity contribution in [3.63, 3.8) is 0 Å². The van der Waals surface area contributed by atoms with Crippen LogP contribution in [0.3, 0.4) is 0 Å². The van der Waals surface area contributed by atoms with Crippen LogP contribution in [-0.2, 0) is 16.1 Å². The summed E-state index contributed by atoms with van der Waals surface area (Å²) in [4.78, 5) is 17.1. The molecular weight excluding hydrogens is 424 g/mol. The summed E-state index contributed by atoms with van der Waals surface area (Å²) in [5.74, 6) is 1.28. The van der Waals surface area contributed by atoms with Gasteiger partial charge < -0.3 is 14.4 Å². The minimum atomic E-state index is -0.0836. The Hall–Kier alpha value is -2.08. The molecule has 0 N–H and O–H groups in total. The summed E-state index contributed by atoms with van der Waals surface area (Å²) in [6, 6.07) is 15.8. The molecule has 174 valence electrons. The van der Waals surface area contributed by atoms with Gasteiger partial charge in [0, 0.05) is 43.7 Å². The summed E-state index contributed by atoms with van der Waals surface area (Å²) in [6.07, 6.45) is 1.73. The molecule has 0 radical (unpaired) electrons. The van der Waals surface area contributed by atoms with Crippen LogP contribution in [0.25, 0.3) is 0 Å². The number of carbonyl (C=O) groups excluding carboxylic acids is 1. The lowest BCUT2D eigenvalue weighted by molar-refractivity contribution is -0.137. The number of nitrogens with zero attached hydrogens (tertiary/aromatic N) is 2. The summed E-state index contributed by atoms with van der Waals surface area (Å²) in [5.41, 5.74) is 2.18. The predicted molar refractivity (Wildman–Crippen MR) is 129 cm³/mol. The number of hydrogen-bond acceptors (Lipinski definition) is 4. The Morgan fingerprint density at radius 1 is 1.03 bits per heavy atom. The number of halogens is 1. The smallest absolute Gasteiger partial charge is 0.225 e. The van der Waals surface area contributed by atoms with Gasteiger partial charge in [-0.2, -0.15) is 0 Å². The van der Waals surface area contributed by atoms with Crippen molar-refractivity contribution in [1.82, 2.24) is 9.80 Å². The summed E-state index contributed by atoms with van der Waals surface area (Å²) in [6.45, 7) is 8.74. The molecule has 5 nitrogen and oxygen atoms in total. The van der Waals surface area contributed by atoms with Crippen molar-refractivity contribution in [2.24, 2.45) is 5.92 Å². The van der Waals surface area contributed by atoms with Crippen molar-refractivity contribution < 1.29 is 14.3 Å². The van der Waals surface area contributed by atoms with Gasteiger partial charge in [0.05, 0.1) is 19.8 Å². The van der Waals surface area contributed by atoms with Crippen LogP contribution in [-0.4, -0.2) is 55.5 Å². The fourth-order valence-electron chi connectivity index (χ4n) is 4.17. The molecule has 2 aromatic rings. The maximum Gasteiger partial charge on any atom is 0.225 e. The molecule has 0 unspecified atom stereocenters. The van der Waals surface area contributed by atoms with E-state index in [0.29, 0.717) is 17.5 Å². The summed E-state index contributed by atoms with van der Waals surface area (Å²) in [5, 5.41) is 0.717. The molecule has 0 spiro atoms. The summed E-state index contributed by atoms with van der Waals surface area (Å²) < 4.78 is 11.7. The van der Waals surface area contributed by atoms with E-state index < -0.39 is 0 Å². The van der Waals surface area contributed by atoms with E-state index in [4.69, 9.17) is 21.1 Å². The number of carbonyl (C=O) groups is 1. The third kappa shape index (κ3) is 6.71. The number of hydrogen-bond donors (Lipinski definition) is 0. The Morgan fingerprint density at radius 2 is 1.72 bits per heavy atom. The van der Waals surface area contributed by atoms with Crippen molar-refractivity contribution in [3.8, 4) is 5.75 Å². The molecule has 2 aromatic carbocycles. The van der Waals surface area contributed by atoms with E-state index in [9.17, 15) is 4.79 Å². The monoisotopic (exact) mass is 458 g/mol. The van der Waals surface area contributed by atoms with Gasteiger partial charge in [0.25, 0.3) is 0 Å². The van der Waals surface area contributed by atoms with Crippen molar-refractivity contribution in [1.29, 1.82) is 0 Å². The van der Waals surface area contributed by atoms with Crippen LogP contribution < -0.4 is 4.74 Å². The Bertz CT molecular complexity index is 846. The normalized spacial score (nSPS) is 15.7. The molecule has 1 aliphatic rings. The standard InChI is InChI=1S/C26H35ClN2O3/c1-4-21(5-2)26(30)29-15-13-28(14-16-29)18-25(22-9-11-23(27)12-10-22)32-19-20-7-6-8-24(17-20)31-3/h6-12,17,21,25H,4-5,13-16,18-19H2,1-3H3/t25-/m1/s1. The van der Waals surface area contributed by atoms with Crippen LogP contribution in [0.15, 0.2) is 48.5 Å². The zero-order valence-electron chi connectivity index (χ0n) is 19.4. The molecular formula is C26H35ClN2O3. The van der Waals surface area contributed by atoms with Gasteiger partial charge in [0.1, 0.15) is 5.75 Å². The Kier molecular flexibility index (Phi) is 9.39. The van der Waals surface area contributed by atoms with Gasteiger partial charge in [-0.3, -0.25) is 9.69 Å². The highest BCUT2D eigenvalue weighted by Crippen LogP contribution is 2.24. The zero-order valence-corrected chi connectivity index (χ0v) is 20.2. The van der Waals surface area contributed by atoms with Gasteiger partial charge in [0.15, 0.2) is 0 Å². The first-order chi connectivity index (χ1) is 15.5. The molecule has 1 amide bonds. The Balaban J connectivity index is 1.63. The molecule has 1 aliphatic heterocycles. The lowest BCUT2D eigenvalue weighted by atomic mass is 10.0. The van der Waals surface area contributed by atoms with Crippen molar-refractivity contribution in [2.45, 2.75) is 39.4 Å². The first-order valence-corrected chi connectivity index (χ1v) is 11.9. The fraction of sp³-hybridized carbons (Fsp3) is 0.500. The zero-order chi connectivity index (χ0) is 22.9. The molecule has 0 aliphatic carbocycles. The van der Waals surface area contributed by atoms with E-state index in [0.717, 1.165) is 62.4 Å². The number of piperazine rings is 1. The van der Waals surface area contributed by atoms with Crippen LogP contribution in [0.2, 0.25) is 5.02 Å². The quantitative estimate of drug-likeness (QED) is 0.491. The summed E-state index contributed by atoms with van der Waals surface area (Å²) >= 11 is 6.11. The van der Waals surface area contributed by atoms with E-state index in [2.05, 4.69) is 18.7 Å². The minimum absolute atomic E-state index is 0.0836. The Morgan fingerprint density at radius 3 is 2.34 bits per heavy atom. The van der Waals surface area contributed by atoms with Gasteiger partial charge in [0.2, 0.25) is 5.91 Å². The molecule has 1 saturated heterocycles. The first-order valence-electron chi connectivity index (χ1n) is 11.5. The third-order valence-corrected chi connectivity index (χ3v) is 6.52. The van der Waals surface area contributed by atoms with Crippen LogP contribution in [0.1, 0.15) is 43.9 Å². The molecule has 1 heterocycles. The van der Waals surface area contributed by atoms with Crippen molar-refractivity contribution >= 4 is 17.5 Å². The van der Waals surface area contributed by atoms with E-state index in [1.54, 1.807) is 7.11 Å². The number of rotatable bonds is 10. The second kappa shape index (κ2) is 12.2. The van der Waals surface area contributed by atoms with Crippen molar-refractivity contribution in [2.75, 3.05) is 39.8 Å². The molecule has 3 rings (SSSR count). The minimum Gasteiger partial charge on any atom is -0.497 e. The second-order valence-corrected chi connectivity index (χ2v) is 8.78. The maximum absolute atomic E-state index is 12.7. The van der Waals surface area contributed by atoms with E-state index in [-0.39, 0.29) is 12.0 Å². The van der Waals surface area contributed by atoms with Gasteiger partial charge in [-0.05, 0) is 48.2 Å². The van der Waals surface area contributed by atoms with Crippen LogP contribution >= 0.6 is 11.6 Å². The third-order valence-electron chi connectivity index (χ3n) is 6.27. The molecule has 6 heteroatoms. The highest BCUT2D eigenvalue weighted by atomic mass is 35.5. The molecule has 1 atom stereocenters. The lowest BCUT2D eigenvalue weighted by Crippen LogP contribution is -2.51. The molecule has 0 aromatic heterocycles. The fourth-order valence-corrected chi connectivity index (χ4v) is 4.30. The van der Waals surface area contributed by atoms with Crippen LogP contribution in [0, 0.1) is 5.92 Å². The number of amides is 1. The largest absolute Gasteiger partial charge is 0.497 e. The van der Waals surface area contributed by atoms with E-state index in [1.807, 2.05) is 53.4 Å². The van der Waals surface area contributed by atoms with Crippen LogP contribution in [0.5, 0.6) is 5.75 Å². The predicted octanol–water partition coefficient (Wildman–Crippen LogP) is 5.19. The number of ether oxygens (including phenoxy) is 2. The van der Waals surface area contributed by atoms with Gasteiger partial charge in [-0.1, -0.05) is 49.7 Å². The van der Waals surface area contributed by atoms with Gasteiger partial charge in [-0.25, -0.2) is 0 Å². The molecule has 0 saturated carbocycles. The SMILES string of the molecule is CCC(CC)C(=O)N1CCN(C[C@@H](OCc2cccc(OC)c2)c2ccc(Cl)cc2)CC1. The highest BCUT2D eigenvalue weighted by molar-refractivity contribution is 6.30. The first kappa shape index (κ1) is 24.6. The van der Waals surface area contributed by atoms with Crippen molar-refractivity contribution in [3.05, 3.63) is 64.7 Å². The molecule has 32 heavy (non-hydrogen) atoms. The summed E-state index contributed by atoms with van der Waals surface area (Å²) in [7, 11) is 1.67. The van der Waals surface area contributed by atoms with E-state index in [1.165, 1.54) is 0 Å². The number of methoxy groups -OCH3 is 1. The van der Waals surface area contributed by atoms with Crippen LogP contribution in [0.4, 0.5) is 0 Å². The van der Waals surface area contributed by atoms with Gasteiger partial charge >= 0.3 is 0 Å². The second-order valence-electron chi connectivity index (χ2n) is 8.34. The molecule has 1 fully saturated rings. The Labute approximate surface area is 197 Å². The lowest BCUT2D eigenvalue weighted by Gasteiger charge is -2.37. The van der Waals surface area contributed by atoms with E-state index >= 15 is 0 Å².